The van der Waals surface area contributed by atoms with Crippen molar-refractivity contribution in [2.75, 3.05) is 11.9 Å². The molecule has 0 aliphatic heterocycles. The summed E-state index contributed by atoms with van der Waals surface area (Å²) in [5.74, 6) is 0.455. The van der Waals surface area contributed by atoms with Crippen molar-refractivity contribution in [1.82, 2.24) is 20.5 Å². The van der Waals surface area contributed by atoms with E-state index in [1.165, 1.54) is 0 Å². The normalized spacial score (nSPS) is 12.5. The lowest BCUT2D eigenvalue weighted by atomic mass is 9.98. The van der Waals surface area contributed by atoms with Gasteiger partial charge in [0.25, 0.3) is 0 Å². The van der Waals surface area contributed by atoms with Gasteiger partial charge in [0, 0.05) is 30.1 Å². The Hall–Kier alpha value is -4.28. The van der Waals surface area contributed by atoms with Gasteiger partial charge < -0.3 is 10.6 Å². The summed E-state index contributed by atoms with van der Waals surface area (Å²) in [6.45, 7) is 2.68. The number of nitrogens with zero attached hydrogens (tertiary/aromatic N) is 3. The lowest BCUT2D eigenvalue weighted by molar-refractivity contribution is -0.118. The number of nitrogens with one attached hydrogen (secondary N) is 3. The van der Waals surface area contributed by atoms with E-state index >= 15 is 0 Å². The number of rotatable bonds is 8. The third-order valence-electron chi connectivity index (χ3n) is 5.48. The molecule has 0 radical (unpaired) electrons. The van der Waals surface area contributed by atoms with Crippen LogP contribution in [0.2, 0.25) is 0 Å². The van der Waals surface area contributed by atoms with Crippen molar-refractivity contribution >= 4 is 11.7 Å². The molecule has 164 valence electrons. The summed E-state index contributed by atoms with van der Waals surface area (Å²) in [5, 5.41) is 22.0. The summed E-state index contributed by atoms with van der Waals surface area (Å²) in [7, 11) is 0. The summed E-state index contributed by atoms with van der Waals surface area (Å²) < 4.78 is 0. The molecule has 1 amide bonds. The Bertz CT molecular complexity index is 1210. The van der Waals surface area contributed by atoms with Crippen LogP contribution in [0.3, 0.4) is 0 Å². The third kappa shape index (κ3) is 5.50. The van der Waals surface area contributed by atoms with Crippen LogP contribution in [-0.2, 0) is 4.79 Å². The predicted molar refractivity (Wildman–Crippen MR) is 127 cm³/mol. The van der Waals surface area contributed by atoms with E-state index in [-0.39, 0.29) is 11.8 Å². The van der Waals surface area contributed by atoms with Crippen LogP contribution in [-0.4, -0.2) is 27.6 Å². The van der Waals surface area contributed by atoms with Gasteiger partial charge in [-0.25, -0.2) is 4.98 Å². The predicted octanol–water partition coefficient (Wildman–Crippen LogP) is 4.42. The van der Waals surface area contributed by atoms with Gasteiger partial charge in [0.15, 0.2) is 0 Å². The van der Waals surface area contributed by atoms with Crippen molar-refractivity contribution in [2.24, 2.45) is 0 Å². The highest BCUT2D eigenvalue weighted by atomic mass is 16.2. The fourth-order valence-electron chi connectivity index (χ4n) is 3.55. The molecule has 4 rings (SSSR count). The Kier molecular flexibility index (Phi) is 6.88. The number of amides is 1. The molecule has 0 aliphatic rings. The third-order valence-corrected chi connectivity index (χ3v) is 5.48. The zero-order chi connectivity index (χ0) is 23.0. The highest BCUT2D eigenvalue weighted by molar-refractivity contribution is 5.95. The standard InChI is InChI=1S/C26H24N6O/c1-18(20-9-7-19(13-27)8-10-20)14-29-25(21-5-3-2-4-6-21)26(33)32-24-12-11-22(15-28-24)23-16-30-31-17-23/h2-12,15-18,25,29H,14H2,1H3,(H,30,31)(H,28,32,33). The van der Waals surface area contributed by atoms with Gasteiger partial charge in [-0.3, -0.25) is 9.89 Å². The molecule has 0 aliphatic carbocycles. The highest BCUT2D eigenvalue weighted by Crippen LogP contribution is 2.21. The van der Waals surface area contributed by atoms with Crippen molar-refractivity contribution < 1.29 is 4.79 Å². The number of carbonyl (C=O) groups excluding carboxylic acids is 1. The van der Waals surface area contributed by atoms with Gasteiger partial charge in [-0.2, -0.15) is 10.4 Å². The fourth-order valence-corrected chi connectivity index (χ4v) is 3.55. The highest BCUT2D eigenvalue weighted by Gasteiger charge is 2.21. The molecular formula is C26H24N6O. The number of pyridine rings is 1. The molecule has 2 atom stereocenters. The Labute approximate surface area is 192 Å². The van der Waals surface area contributed by atoms with E-state index in [0.29, 0.717) is 17.9 Å². The topological polar surface area (TPSA) is 106 Å². The lowest BCUT2D eigenvalue weighted by Gasteiger charge is -2.21. The molecular weight excluding hydrogens is 412 g/mol. The summed E-state index contributed by atoms with van der Waals surface area (Å²) in [4.78, 5) is 17.6. The average molecular weight is 437 g/mol. The molecule has 0 fully saturated rings. The molecule has 7 nitrogen and oxygen atoms in total. The van der Waals surface area contributed by atoms with Crippen LogP contribution >= 0.6 is 0 Å². The monoisotopic (exact) mass is 436 g/mol. The number of aromatic amines is 1. The number of carbonyl (C=O) groups is 1. The Morgan fingerprint density at radius 2 is 1.79 bits per heavy atom. The molecule has 2 aromatic carbocycles. The van der Waals surface area contributed by atoms with E-state index < -0.39 is 6.04 Å². The maximum atomic E-state index is 13.2. The van der Waals surface area contributed by atoms with Crippen LogP contribution < -0.4 is 10.6 Å². The second kappa shape index (κ2) is 10.4. The zero-order valence-corrected chi connectivity index (χ0v) is 18.2. The van der Waals surface area contributed by atoms with Crippen molar-refractivity contribution in [2.45, 2.75) is 18.9 Å². The maximum absolute atomic E-state index is 13.2. The number of aromatic nitrogens is 3. The molecule has 3 N–H and O–H groups in total. The van der Waals surface area contributed by atoms with E-state index in [4.69, 9.17) is 5.26 Å². The van der Waals surface area contributed by atoms with E-state index in [1.54, 1.807) is 24.7 Å². The van der Waals surface area contributed by atoms with Crippen LogP contribution in [0.15, 0.2) is 85.3 Å². The van der Waals surface area contributed by atoms with E-state index in [2.05, 4.69) is 38.8 Å². The first-order chi connectivity index (χ1) is 16.1. The van der Waals surface area contributed by atoms with Gasteiger partial charge in [0.05, 0.1) is 17.8 Å². The minimum absolute atomic E-state index is 0.157. The van der Waals surface area contributed by atoms with Crippen LogP contribution in [0.4, 0.5) is 5.82 Å². The quantitative estimate of drug-likeness (QED) is 0.379. The summed E-state index contributed by atoms with van der Waals surface area (Å²) in [6, 6.07) is 22.4. The number of benzene rings is 2. The SMILES string of the molecule is CC(CNC(C(=O)Nc1ccc(-c2cn[nH]c2)cn1)c1ccccc1)c1ccc(C#N)cc1. The van der Waals surface area contributed by atoms with Crippen molar-refractivity contribution in [1.29, 1.82) is 5.26 Å². The molecule has 0 saturated carbocycles. The van der Waals surface area contributed by atoms with Crippen molar-refractivity contribution in [3.05, 3.63) is 102 Å². The Balaban J connectivity index is 1.46. The number of hydrogen-bond acceptors (Lipinski definition) is 5. The molecule has 0 spiro atoms. The van der Waals surface area contributed by atoms with E-state index in [1.807, 2.05) is 60.7 Å². The summed E-state index contributed by atoms with van der Waals surface area (Å²) in [6.07, 6.45) is 5.22. The molecule has 2 unspecified atom stereocenters. The summed E-state index contributed by atoms with van der Waals surface area (Å²) >= 11 is 0. The Morgan fingerprint density at radius 1 is 1.00 bits per heavy atom. The molecule has 0 saturated heterocycles. The zero-order valence-electron chi connectivity index (χ0n) is 18.2. The van der Waals surface area contributed by atoms with Gasteiger partial charge in [-0.15, -0.1) is 0 Å². The van der Waals surface area contributed by atoms with Crippen LogP contribution in [0, 0.1) is 11.3 Å². The van der Waals surface area contributed by atoms with Crippen LogP contribution in [0.25, 0.3) is 11.1 Å². The van der Waals surface area contributed by atoms with Crippen molar-refractivity contribution in [3.63, 3.8) is 0 Å². The molecule has 0 bridgehead atoms. The Morgan fingerprint density at radius 3 is 2.42 bits per heavy atom. The van der Waals surface area contributed by atoms with Crippen LogP contribution in [0.1, 0.15) is 35.6 Å². The van der Waals surface area contributed by atoms with Gasteiger partial charge in [0.1, 0.15) is 11.9 Å². The second-order valence-electron chi connectivity index (χ2n) is 7.80. The summed E-state index contributed by atoms with van der Waals surface area (Å²) in [5.41, 5.74) is 4.45. The van der Waals surface area contributed by atoms with Gasteiger partial charge >= 0.3 is 0 Å². The van der Waals surface area contributed by atoms with E-state index in [9.17, 15) is 4.79 Å². The minimum atomic E-state index is -0.539. The molecule has 2 heterocycles. The number of H-pyrrole nitrogens is 1. The lowest BCUT2D eigenvalue weighted by Crippen LogP contribution is -2.35. The average Bonchev–Trinajstić information content (AvgIpc) is 3.40. The first kappa shape index (κ1) is 21.9. The largest absolute Gasteiger partial charge is 0.309 e. The van der Waals surface area contributed by atoms with Crippen molar-refractivity contribution in [3.8, 4) is 17.2 Å². The number of anilines is 1. The van der Waals surface area contributed by atoms with Gasteiger partial charge in [-0.1, -0.05) is 49.4 Å². The van der Waals surface area contributed by atoms with Crippen LogP contribution in [0.5, 0.6) is 0 Å². The molecule has 7 heteroatoms. The first-order valence-corrected chi connectivity index (χ1v) is 10.7. The smallest absolute Gasteiger partial charge is 0.247 e. The first-order valence-electron chi connectivity index (χ1n) is 10.7. The molecule has 33 heavy (non-hydrogen) atoms. The van der Waals surface area contributed by atoms with Gasteiger partial charge in [-0.05, 0) is 41.3 Å². The van der Waals surface area contributed by atoms with Gasteiger partial charge in [0.2, 0.25) is 5.91 Å². The number of hydrogen-bond donors (Lipinski definition) is 3. The molecule has 4 aromatic rings. The van der Waals surface area contributed by atoms with E-state index in [0.717, 1.165) is 22.3 Å². The minimum Gasteiger partial charge on any atom is -0.309 e. The number of nitriles is 1. The second-order valence-corrected chi connectivity index (χ2v) is 7.80. The molecule has 2 aromatic heterocycles. The maximum Gasteiger partial charge on any atom is 0.247 e. The fraction of sp³-hybridized carbons (Fsp3) is 0.154.